The van der Waals surface area contributed by atoms with Crippen LogP contribution >= 0.6 is 22.6 Å². The van der Waals surface area contributed by atoms with Gasteiger partial charge in [-0.1, -0.05) is 34.7 Å². The zero-order chi connectivity index (χ0) is 12.1. The molecule has 0 heterocycles. The Morgan fingerprint density at radius 1 is 1.31 bits per heavy atom. The minimum Gasteiger partial charge on any atom is -0.497 e. The van der Waals surface area contributed by atoms with Gasteiger partial charge in [-0.05, 0) is 17.7 Å². The monoisotopic (exact) mass is 336 g/mol. The summed E-state index contributed by atoms with van der Waals surface area (Å²) in [7, 11) is 3.09. The molecule has 4 nitrogen and oxygen atoms in total. The van der Waals surface area contributed by atoms with Gasteiger partial charge in [-0.15, -0.1) is 0 Å². The summed E-state index contributed by atoms with van der Waals surface area (Å²) in [6.45, 7) is 0. The standard InChI is InChI=1S/C11H13IO4/c1-15-8-5-3-7(4-6-8)10(16-2)9(12)11(13)14/h3-6,9-10H,1-2H3,(H,13,14). The molecule has 0 amide bonds. The van der Waals surface area contributed by atoms with Gasteiger partial charge in [-0.3, -0.25) is 4.79 Å². The van der Waals surface area contributed by atoms with Crippen LogP contribution in [0.25, 0.3) is 0 Å². The van der Waals surface area contributed by atoms with E-state index in [9.17, 15) is 4.79 Å². The predicted molar refractivity (Wildman–Crippen MR) is 68.2 cm³/mol. The van der Waals surface area contributed by atoms with Crippen LogP contribution in [0.15, 0.2) is 24.3 Å². The number of rotatable bonds is 5. The van der Waals surface area contributed by atoms with Crippen molar-refractivity contribution in [2.45, 2.75) is 10.0 Å². The van der Waals surface area contributed by atoms with Crippen molar-refractivity contribution in [3.05, 3.63) is 29.8 Å². The van der Waals surface area contributed by atoms with Crippen molar-refractivity contribution in [1.29, 1.82) is 0 Å². The molecular formula is C11H13IO4. The van der Waals surface area contributed by atoms with Gasteiger partial charge in [-0.2, -0.15) is 0 Å². The molecule has 0 aromatic heterocycles. The van der Waals surface area contributed by atoms with Crippen LogP contribution in [0.2, 0.25) is 0 Å². The molecule has 0 spiro atoms. The van der Waals surface area contributed by atoms with Gasteiger partial charge in [0.05, 0.1) is 7.11 Å². The lowest BCUT2D eigenvalue weighted by molar-refractivity contribution is -0.138. The number of alkyl halides is 1. The molecule has 0 aliphatic rings. The summed E-state index contributed by atoms with van der Waals surface area (Å²) in [5.41, 5.74) is 0.824. The molecule has 0 aliphatic heterocycles. The molecule has 0 radical (unpaired) electrons. The van der Waals surface area contributed by atoms with Gasteiger partial charge in [0.25, 0.3) is 0 Å². The van der Waals surface area contributed by atoms with Gasteiger partial charge in [-0.25, -0.2) is 0 Å². The average molecular weight is 336 g/mol. The van der Waals surface area contributed by atoms with Gasteiger partial charge in [0, 0.05) is 7.11 Å². The molecule has 5 heteroatoms. The number of carboxylic acid groups (broad SMARTS) is 1. The summed E-state index contributed by atoms with van der Waals surface area (Å²) in [5.74, 6) is -0.151. The Morgan fingerprint density at radius 2 is 1.88 bits per heavy atom. The third-order valence-corrected chi connectivity index (χ3v) is 3.39. The first-order chi connectivity index (χ1) is 7.60. The molecule has 2 unspecified atom stereocenters. The normalized spacial score (nSPS) is 14.2. The lowest BCUT2D eigenvalue weighted by Gasteiger charge is -2.18. The second kappa shape index (κ2) is 6.05. The van der Waals surface area contributed by atoms with Crippen molar-refractivity contribution in [2.24, 2.45) is 0 Å². The van der Waals surface area contributed by atoms with Gasteiger partial charge in [0.15, 0.2) is 0 Å². The molecule has 2 atom stereocenters. The zero-order valence-corrected chi connectivity index (χ0v) is 11.2. The molecule has 88 valence electrons. The highest BCUT2D eigenvalue weighted by Crippen LogP contribution is 2.27. The van der Waals surface area contributed by atoms with E-state index in [2.05, 4.69) is 0 Å². The SMILES string of the molecule is COc1ccc(C(OC)C(I)C(=O)O)cc1. The minimum atomic E-state index is -0.886. The second-order valence-corrected chi connectivity index (χ2v) is 4.51. The topological polar surface area (TPSA) is 55.8 Å². The minimum absolute atomic E-state index is 0.455. The van der Waals surface area contributed by atoms with Crippen molar-refractivity contribution < 1.29 is 19.4 Å². The van der Waals surface area contributed by atoms with Crippen molar-refractivity contribution in [1.82, 2.24) is 0 Å². The predicted octanol–water partition coefficient (Wildman–Crippen LogP) is 2.27. The third kappa shape index (κ3) is 3.08. The van der Waals surface area contributed by atoms with E-state index < -0.39 is 16.0 Å². The highest BCUT2D eigenvalue weighted by atomic mass is 127. The molecule has 1 aromatic carbocycles. The summed E-state index contributed by atoms with van der Waals surface area (Å²) >= 11 is 1.86. The van der Waals surface area contributed by atoms with Gasteiger partial charge in [0.1, 0.15) is 15.8 Å². The van der Waals surface area contributed by atoms with Gasteiger partial charge < -0.3 is 14.6 Å². The molecule has 0 aliphatic carbocycles. The third-order valence-electron chi connectivity index (χ3n) is 2.20. The number of ether oxygens (including phenoxy) is 2. The van der Waals surface area contributed by atoms with E-state index in [-0.39, 0.29) is 0 Å². The number of aliphatic carboxylic acids is 1. The Labute approximate surface area is 108 Å². The molecule has 0 fully saturated rings. The average Bonchev–Trinajstić information content (AvgIpc) is 2.30. The van der Waals surface area contributed by atoms with Crippen LogP contribution in [-0.2, 0) is 9.53 Å². The summed E-state index contributed by atoms with van der Waals surface area (Å²) in [5, 5.41) is 8.93. The maximum absolute atomic E-state index is 10.9. The van der Waals surface area contributed by atoms with Gasteiger partial charge >= 0.3 is 5.97 Å². The molecule has 1 aromatic rings. The fraction of sp³-hybridized carbons (Fsp3) is 0.364. The van der Waals surface area contributed by atoms with Crippen molar-refractivity contribution in [3.8, 4) is 5.75 Å². The molecule has 0 saturated carbocycles. The van der Waals surface area contributed by atoms with Crippen LogP contribution in [-0.4, -0.2) is 29.2 Å². The van der Waals surface area contributed by atoms with Gasteiger partial charge in [0.2, 0.25) is 0 Å². The fourth-order valence-electron chi connectivity index (χ4n) is 1.35. The number of halogens is 1. The maximum Gasteiger partial charge on any atom is 0.319 e. The molecule has 0 saturated heterocycles. The van der Waals surface area contributed by atoms with E-state index in [4.69, 9.17) is 14.6 Å². The number of carbonyl (C=O) groups is 1. The van der Waals surface area contributed by atoms with Crippen LogP contribution in [0.1, 0.15) is 11.7 Å². The lowest BCUT2D eigenvalue weighted by Crippen LogP contribution is -2.23. The fourth-order valence-corrected chi connectivity index (χ4v) is 2.06. The lowest BCUT2D eigenvalue weighted by atomic mass is 10.1. The molecule has 0 bridgehead atoms. The zero-order valence-electron chi connectivity index (χ0n) is 9.01. The summed E-state index contributed by atoms with van der Waals surface area (Å²) in [4.78, 5) is 10.9. The number of methoxy groups -OCH3 is 2. The molecular weight excluding hydrogens is 323 g/mol. The van der Waals surface area contributed by atoms with Crippen LogP contribution in [0, 0.1) is 0 Å². The summed E-state index contributed by atoms with van der Waals surface area (Å²) in [6.07, 6.45) is -0.455. The number of hydrogen-bond donors (Lipinski definition) is 1. The Balaban J connectivity index is 2.90. The first-order valence-corrected chi connectivity index (χ1v) is 5.88. The highest BCUT2D eigenvalue weighted by Gasteiger charge is 2.26. The van der Waals surface area contributed by atoms with Crippen molar-refractivity contribution in [3.63, 3.8) is 0 Å². The maximum atomic E-state index is 10.9. The highest BCUT2D eigenvalue weighted by molar-refractivity contribution is 14.1. The summed E-state index contributed by atoms with van der Waals surface area (Å²) < 4.78 is 9.62. The van der Waals surface area contributed by atoms with E-state index in [0.29, 0.717) is 0 Å². The van der Waals surface area contributed by atoms with E-state index in [1.807, 2.05) is 34.7 Å². The Hall–Kier alpha value is -0.820. The van der Waals surface area contributed by atoms with E-state index >= 15 is 0 Å². The summed E-state index contributed by atoms with van der Waals surface area (Å²) in [6, 6.07) is 7.18. The van der Waals surface area contributed by atoms with Crippen LogP contribution in [0.5, 0.6) is 5.75 Å². The van der Waals surface area contributed by atoms with Crippen LogP contribution < -0.4 is 4.74 Å². The first-order valence-electron chi connectivity index (χ1n) is 4.63. The number of benzene rings is 1. The van der Waals surface area contributed by atoms with Crippen LogP contribution in [0.3, 0.4) is 0 Å². The van der Waals surface area contributed by atoms with E-state index in [1.54, 1.807) is 19.2 Å². The Bertz CT molecular complexity index is 350. The van der Waals surface area contributed by atoms with Crippen LogP contribution in [0.4, 0.5) is 0 Å². The van der Waals surface area contributed by atoms with Crippen molar-refractivity contribution in [2.75, 3.05) is 14.2 Å². The molecule has 1 rings (SSSR count). The second-order valence-electron chi connectivity index (χ2n) is 3.17. The number of hydrogen-bond acceptors (Lipinski definition) is 3. The molecule has 16 heavy (non-hydrogen) atoms. The van der Waals surface area contributed by atoms with E-state index in [1.165, 1.54) is 7.11 Å². The first kappa shape index (κ1) is 13.2. The quantitative estimate of drug-likeness (QED) is 0.662. The molecule has 1 N–H and O–H groups in total. The van der Waals surface area contributed by atoms with E-state index in [0.717, 1.165) is 11.3 Å². The largest absolute Gasteiger partial charge is 0.497 e. The van der Waals surface area contributed by atoms with Crippen molar-refractivity contribution >= 4 is 28.6 Å². The Kier molecular flexibility index (Phi) is 5.01. The smallest absolute Gasteiger partial charge is 0.319 e. The number of carboxylic acids is 1. The Morgan fingerprint density at radius 3 is 2.25 bits per heavy atom.